The summed E-state index contributed by atoms with van der Waals surface area (Å²) in [5.41, 5.74) is -0.558. The summed E-state index contributed by atoms with van der Waals surface area (Å²) in [6.45, 7) is 8.97. The van der Waals surface area contributed by atoms with E-state index in [0.29, 0.717) is 5.46 Å². The fraction of sp³-hybridized carbons (Fsp3) is 0.667. The van der Waals surface area contributed by atoms with E-state index in [2.05, 4.69) is 4.98 Å². The van der Waals surface area contributed by atoms with Crippen LogP contribution in [-0.4, -0.2) is 35.6 Å². The Kier molecular flexibility index (Phi) is 5.15. The van der Waals surface area contributed by atoms with Crippen LogP contribution in [0.15, 0.2) is 12.3 Å². The second-order valence-corrected chi connectivity index (χ2v) is 7.11. The van der Waals surface area contributed by atoms with Crippen molar-refractivity contribution in [3.8, 4) is 5.88 Å². The minimum absolute atomic E-state index is 0.0232. The summed E-state index contributed by atoms with van der Waals surface area (Å²) in [4.78, 5) is 3.91. The van der Waals surface area contributed by atoms with Crippen LogP contribution in [0.2, 0.25) is 5.02 Å². The third kappa shape index (κ3) is 3.81. The summed E-state index contributed by atoms with van der Waals surface area (Å²) in [5, 5.41) is -0.0232. The average Bonchev–Trinajstić information content (AvgIpc) is 2.64. The maximum Gasteiger partial charge on any atom is 0.496 e. The predicted molar refractivity (Wildman–Crippen MR) is 85.7 cm³/mol. The lowest BCUT2D eigenvalue weighted by atomic mass is 9.80. The number of aromatic nitrogens is 1. The number of nitrogens with zero attached hydrogens (tertiary/aromatic N) is 1. The van der Waals surface area contributed by atoms with Crippen LogP contribution >= 0.6 is 11.6 Å². The number of pyridine rings is 1. The topological polar surface area (TPSA) is 40.6 Å². The van der Waals surface area contributed by atoms with Crippen molar-refractivity contribution in [2.24, 2.45) is 0 Å². The number of hydrogen-bond acceptors (Lipinski definition) is 4. The van der Waals surface area contributed by atoms with E-state index in [1.165, 1.54) is 19.2 Å². The zero-order valence-electron chi connectivity index (χ0n) is 14.2. The zero-order chi connectivity index (χ0) is 18.3. The molecule has 0 spiro atoms. The molecule has 2 rings (SSSR count). The number of hydrogen-bond donors (Lipinski definition) is 0. The van der Waals surface area contributed by atoms with Crippen molar-refractivity contribution in [3.63, 3.8) is 0 Å². The number of ether oxygens (including phenoxy) is 1. The maximum atomic E-state index is 12.8. The lowest BCUT2D eigenvalue weighted by Gasteiger charge is -2.32. The Morgan fingerprint density at radius 3 is 2.21 bits per heavy atom. The molecule has 2 heterocycles. The van der Waals surface area contributed by atoms with Gasteiger partial charge in [-0.3, -0.25) is 0 Å². The van der Waals surface area contributed by atoms with Crippen molar-refractivity contribution in [1.82, 2.24) is 4.98 Å². The minimum Gasteiger partial charge on any atom is -0.464 e. The van der Waals surface area contributed by atoms with Crippen molar-refractivity contribution in [3.05, 3.63) is 17.3 Å². The highest BCUT2D eigenvalue weighted by molar-refractivity contribution is 6.62. The molecule has 0 amide bonds. The van der Waals surface area contributed by atoms with E-state index in [1.54, 1.807) is 0 Å². The highest BCUT2D eigenvalue weighted by atomic mass is 35.5. The van der Waals surface area contributed by atoms with Crippen LogP contribution in [0.5, 0.6) is 5.88 Å². The van der Waals surface area contributed by atoms with E-state index >= 15 is 0 Å². The van der Waals surface area contributed by atoms with E-state index in [1.807, 2.05) is 27.7 Å². The van der Waals surface area contributed by atoms with Crippen molar-refractivity contribution in [1.29, 1.82) is 0 Å². The predicted octanol–water partition coefficient (Wildman–Crippen LogP) is 3.75. The van der Waals surface area contributed by atoms with Gasteiger partial charge >= 0.3 is 13.3 Å². The number of halogens is 4. The van der Waals surface area contributed by atoms with Crippen molar-refractivity contribution in [2.45, 2.75) is 64.5 Å². The Bertz CT molecular complexity index is 594. The van der Waals surface area contributed by atoms with Gasteiger partial charge in [-0.25, -0.2) is 4.98 Å². The first-order valence-corrected chi connectivity index (χ1v) is 7.99. The number of alkyl halides is 3. The molecule has 1 saturated heterocycles. The van der Waals surface area contributed by atoms with Crippen molar-refractivity contribution >= 4 is 24.2 Å². The summed E-state index contributed by atoms with van der Waals surface area (Å²) in [6, 6.07) is 1.45. The molecular weight excluding hydrogens is 345 g/mol. The first-order valence-electron chi connectivity index (χ1n) is 7.62. The first-order chi connectivity index (χ1) is 10.9. The summed E-state index contributed by atoms with van der Waals surface area (Å²) in [5.74, 6) is -0.263. The van der Waals surface area contributed by atoms with Crippen LogP contribution in [-0.2, 0) is 9.31 Å². The fourth-order valence-corrected chi connectivity index (χ4v) is 2.37. The van der Waals surface area contributed by atoms with Crippen LogP contribution in [0.3, 0.4) is 0 Å². The minimum atomic E-state index is -4.48. The Labute approximate surface area is 144 Å². The molecule has 9 heteroatoms. The molecule has 0 aliphatic carbocycles. The largest absolute Gasteiger partial charge is 0.496 e. The van der Waals surface area contributed by atoms with E-state index in [4.69, 9.17) is 25.6 Å². The molecule has 1 unspecified atom stereocenters. The summed E-state index contributed by atoms with van der Waals surface area (Å²) >= 11 is 6.04. The van der Waals surface area contributed by atoms with Gasteiger partial charge in [0.25, 0.3) is 0 Å². The van der Waals surface area contributed by atoms with Crippen LogP contribution in [0.1, 0.15) is 41.0 Å². The van der Waals surface area contributed by atoms with Crippen molar-refractivity contribution < 1.29 is 27.2 Å². The van der Waals surface area contributed by atoms with Gasteiger partial charge < -0.3 is 14.0 Å². The first kappa shape index (κ1) is 19.3. The van der Waals surface area contributed by atoms with E-state index in [-0.39, 0.29) is 17.3 Å². The monoisotopic (exact) mass is 365 g/mol. The second kappa shape index (κ2) is 6.39. The molecule has 4 nitrogen and oxygen atoms in total. The molecule has 1 aliphatic rings. The summed E-state index contributed by atoms with van der Waals surface area (Å²) in [7, 11) is -0.696. The second-order valence-electron chi connectivity index (χ2n) is 6.70. The van der Waals surface area contributed by atoms with Gasteiger partial charge in [-0.1, -0.05) is 18.5 Å². The van der Waals surface area contributed by atoms with Gasteiger partial charge in [-0.2, -0.15) is 13.2 Å². The number of rotatable bonds is 4. The van der Waals surface area contributed by atoms with Gasteiger partial charge in [0, 0.05) is 11.7 Å². The SMILES string of the molecule is CCC(Oc1ncc(B2OC(C)(C)C(C)(C)O2)cc1Cl)C(F)(F)F. The molecule has 1 aromatic heterocycles. The van der Waals surface area contributed by atoms with Crippen LogP contribution < -0.4 is 10.2 Å². The highest BCUT2D eigenvalue weighted by Crippen LogP contribution is 2.37. The highest BCUT2D eigenvalue weighted by Gasteiger charge is 2.52. The molecule has 1 aliphatic heterocycles. The van der Waals surface area contributed by atoms with Gasteiger partial charge in [0.1, 0.15) is 5.02 Å². The van der Waals surface area contributed by atoms with Gasteiger partial charge in [0.15, 0.2) is 6.10 Å². The van der Waals surface area contributed by atoms with Gasteiger partial charge in [-0.05, 0) is 40.2 Å². The van der Waals surface area contributed by atoms with Crippen LogP contribution in [0.25, 0.3) is 0 Å². The maximum absolute atomic E-state index is 12.8. The third-order valence-corrected chi connectivity index (χ3v) is 4.61. The molecular formula is C15H20BClF3NO3. The van der Waals surface area contributed by atoms with Gasteiger partial charge in [0.2, 0.25) is 5.88 Å². The lowest BCUT2D eigenvalue weighted by molar-refractivity contribution is -0.196. The Balaban J connectivity index is 2.19. The molecule has 0 aromatic carbocycles. The Morgan fingerprint density at radius 2 is 1.79 bits per heavy atom. The molecule has 1 fully saturated rings. The average molecular weight is 366 g/mol. The summed E-state index contributed by atoms with van der Waals surface area (Å²) in [6.07, 6.45) is -5.32. The van der Waals surface area contributed by atoms with E-state index in [0.717, 1.165) is 0 Å². The quantitative estimate of drug-likeness (QED) is 0.762. The summed E-state index contributed by atoms with van der Waals surface area (Å²) < 4.78 is 55.0. The van der Waals surface area contributed by atoms with Crippen molar-refractivity contribution in [2.75, 3.05) is 0 Å². The van der Waals surface area contributed by atoms with Gasteiger partial charge in [-0.15, -0.1) is 0 Å². The normalized spacial score (nSPS) is 21.0. The lowest BCUT2D eigenvalue weighted by Crippen LogP contribution is -2.41. The molecule has 0 bridgehead atoms. The smallest absolute Gasteiger partial charge is 0.464 e. The molecule has 1 aromatic rings. The van der Waals surface area contributed by atoms with Crippen LogP contribution in [0, 0.1) is 0 Å². The van der Waals surface area contributed by atoms with Gasteiger partial charge in [0.05, 0.1) is 11.2 Å². The molecule has 0 N–H and O–H groups in total. The van der Waals surface area contributed by atoms with E-state index in [9.17, 15) is 13.2 Å². The van der Waals surface area contributed by atoms with E-state index < -0.39 is 30.6 Å². The Morgan fingerprint density at radius 1 is 1.25 bits per heavy atom. The molecule has 0 radical (unpaired) electrons. The molecule has 134 valence electrons. The molecule has 0 saturated carbocycles. The molecule has 24 heavy (non-hydrogen) atoms. The zero-order valence-corrected chi connectivity index (χ0v) is 15.0. The standard InChI is InChI=1S/C15H20BClF3NO3/c1-6-11(15(18,19)20)22-12-10(17)7-9(8-21-12)16-23-13(2,3)14(4,5)24-16/h7-8,11H,6H2,1-5H3. The Hall–Kier alpha value is -0.985. The fourth-order valence-electron chi connectivity index (χ4n) is 2.15. The molecule has 1 atom stereocenters. The van der Waals surface area contributed by atoms with Crippen LogP contribution in [0.4, 0.5) is 13.2 Å². The third-order valence-electron chi connectivity index (χ3n) is 4.34.